The van der Waals surface area contributed by atoms with Gasteiger partial charge in [-0.3, -0.25) is 14.0 Å². The van der Waals surface area contributed by atoms with Crippen LogP contribution in [0.5, 0.6) is 0 Å². The number of hydrogen-bond donors (Lipinski definition) is 1. The molecule has 2 heterocycles. The van der Waals surface area contributed by atoms with E-state index in [2.05, 4.69) is 24.1 Å². The van der Waals surface area contributed by atoms with Crippen LogP contribution in [-0.4, -0.2) is 56.7 Å². The average Bonchev–Trinajstić information content (AvgIpc) is 3.15. The fourth-order valence-electron chi connectivity index (χ4n) is 3.71. The van der Waals surface area contributed by atoms with E-state index < -0.39 is 10.0 Å². The van der Waals surface area contributed by atoms with Crippen molar-refractivity contribution in [3.8, 4) is 0 Å². The molecule has 0 aliphatic carbocycles. The third kappa shape index (κ3) is 4.20. The molecular weight excluding hydrogens is 350 g/mol. The van der Waals surface area contributed by atoms with Gasteiger partial charge in [0.05, 0.1) is 11.4 Å². The summed E-state index contributed by atoms with van der Waals surface area (Å²) in [6.45, 7) is 7.49. The molecule has 2 fully saturated rings. The maximum Gasteiger partial charge on any atom is 0.251 e. The van der Waals surface area contributed by atoms with E-state index in [9.17, 15) is 13.2 Å². The third-order valence-corrected chi connectivity index (χ3v) is 7.26. The summed E-state index contributed by atoms with van der Waals surface area (Å²) in [6, 6.07) is 6.92. The van der Waals surface area contributed by atoms with Crippen LogP contribution in [0.3, 0.4) is 0 Å². The first kappa shape index (κ1) is 19.2. The molecule has 0 spiro atoms. The summed E-state index contributed by atoms with van der Waals surface area (Å²) in [6.07, 6.45) is 3.97. The fraction of sp³-hybridized carbons (Fsp3) is 0.632. The topological polar surface area (TPSA) is 69.7 Å². The molecule has 2 aliphatic rings. The summed E-state index contributed by atoms with van der Waals surface area (Å²) in [5.41, 5.74) is 0.997. The first-order valence-electron chi connectivity index (χ1n) is 9.43. The van der Waals surface area contributed by atoms with Crippen molar-refractivity contribution in [3.05, 3.63) is 29.8 Å². The van der Waals surface area contributed by atoms with Crippen molar-refractivity contribution in [1.29, 1.82) is 0 Å². The van der Waals surface area contributed by atoms with E-state index in [0.29, 0.717) is 30.8 Å². The minimum absolute atomic E-state index is 0.0834. The van der Waals surface area contributed by atoms with Crippen molar-refractivity contribution in [1.82, 2.24) is 10.2 Å². The lowest BCUT2D eigenvalue weighted by atomic mass is 10.0. The van der Waals surface area contributed by atoms with Crippen molar-refractivity contribution in [2.24, 2.45) is 0 Å². The lowest BCUT2D eigenvalue weighted by molar-refractivity contribution is 0.0902. The minimum Gasteiger partial charge on any atom is -0.350 e. The van der Waals surface area contributed by atoms with Gasteiger partial charge < -0.3 is 5.32 Å². The van der Waals surface area contributed by atoms with Gasteiger partial charge in [0.25, 0.3) is 5.91 Å². The average molecular weight is 380 g/mol. The molecule has 0 unspecified atom stereocenters. The Morgan fingerprint density at radius 2 is 1.81 bits per heavy atom. The minimum atomic E-state index is -3.27. The molecule has 26 heavy (non-hydrogen) atoms. The van der Waals surface area contributed by atoms with Gasteiger partial charge >= 0.3 is 0 Å². The monoisotopic (exact) mass is 379 g/mol. The zero-order chi connectivity index (χ0) is 18.8. The predicted molar refractivity (Wildman–Crippen MR) is 104 cm³/mol. The molecule has 0 aromatic heterocycles. The molecule has 0 radical (unpaired) electrons. The second-order valence-corrected chi connectivity index (χ2v) is 9.85. The highest BCUT2D eigenvalue weighted by atomic mass is 32.2. The van der Waals surface area contributed by atoms with E-state index in [4.69, 9.17) is 0 Å². The Morgan fingerprint density at radius 3 is 2.50 bits per heavy atom. The molecule has 2 aliphatic heterocycles. The normalized spacial score (nSPS) is 20.9. The molecule has 144 valence electrons. The van der Waals surface area contributed by atoms with Gasteiger partial charge in [0.1, 0.15) is 0 Å². The van der Waals surface area contributed by atoms with E-state index in [0.717, 1.165) is 19.5 Å². The van der Waals surface area contributed by atoms with Gasteiger partial charge in [-0.2, -0.15) is 0 Å². The number of amides is 1. The van der Waals surface area contributed by atoms with Crippen LogP contribution < -0.4 is 9.62 Å². The smallest absolute Gasteiger partial charge is 0.251 e. The van der Waals surface area contributed by atoms with E-state index in [1.54, 1.807) is 24.3 Å². The molecule has 1 amide bonds. The Morgan fingerprint density at radius 1 is 1.12 bits per heavy atom. The van der Waals surface area contributed by atoms with Crippen LogP contribution in [0.25, 0.3) is 0 Å². The number of anilines is 1. The molecule has 7 heteroatoms. The number of carbonyl (C=O) groups is 1. The van der Waals surface area contributed by atoms with Crippen LogP contribution in [0, 0.1) is 0 Å². The number of nitrogens with zero attached hydrogens (tertiary/aromatic N) is 2. The largest absolute Gasteiger partial charge is 0.350 e. The van der Waals surface area contributed by atoms with E-state index in [-0.39, 0.29) is 17.2 Å². The summed E-state index contributed by atoms with van der Waals surface area (Å²) >= 11 is 0. The Labute approximate surface area is 156 Å². The number of nitrogens with one attached hydrogen (secondary N) is 1. The van der Waals surface area contributed by atoms with Crippen molar-refractivity contribution < 1.29 is 13.2 Å². The quantitative estimate of drug-likeness (QED) is 0.852. The Hall–Kier alpha value is -1.60. The van der Waals surface area contributed by atoms with Gasteiger partial charge in [0, 0.05) is 24.2 Å². The van der Waals surface area contributed by atoms with Gasteiger partial charge in [0.2, 0.25) is 10.0 Å². The molecule has 0 saturated carbocycles. The van der Waals surface area contributed by atoms with Gasteiger partial charge in [-0.1, -0.05) is 6.07 Å². The highest BCUT2D eigenvalue weighted by molar-refractivity contribution is 7.92. The Bertz CT molecular complexity index is 755. The van der Waals surface area contributed by atoms with Gasteiger partial charge in [-0.05, 0) is 70.8 Å². The second-order valence-electron chi connectivity index (χ2n) is 7.83. The summed E-state index contributed by atoms with van der Waals surface area (Å²) in [5, 5.41) is 3.02. The summed E-state index contributed by atoms with van der Waals surface area (Å²) < 4.78 is 26.0. The highest BCUT2D eigenvalue weighted by Gasteiger charge is 2.30. The maximum atomic E-state index is 12.6. The van der Waals surface area contributed by atoms with Gasteiger partial charge in [-0.15, -0.1) is 0 Å². The predicted octanol–water partition coefficient (Wildman–Crippen LogP) is 2.22. The molecule has 0 atom stereocenters. The lowest BCUT2D eigenvalue weighted by Gasteiger charge is -2.35. The van der Waals surface area contributed by atoms with Crippen molar-refractivity contribution in [2.75, 3.05) is 36.2 Å². The van der Waals surface area contributed by atoms with Crippen LogP contribution >= 0.6 is 0 Å². The number of benzene rings is 1. The first-order chi connectivity index (χ1) is 12.3. The fourth-order valence-corrected chi connectivity index (χ4v) is 5.35. The standard InChI is InChI=1S/C19H29N3O3S/c1-19(2,21-10-3-4-11-21)15-20-18(23)16-8-7-9-17(14-16)22-12-5-6-13-26(22,24)25/h7-9,14H,3-6,10-13,15H2,1-2H3,(H,20,23). The van der Waals surface area contributed by atoms with Crippen LogP contribution in [0.4, 0.5) is 5.69 Å². The lowest BCUT2D eigenvalue weighted by Crippen LogP contribution is -2.50. The molecule has 6 nitrogen and oxygen atoms in total. The summed E-state index contributed by atoms with van der Waals surface area (Å²) in [5.74, 6) is 0.0153. The Balaban J connectivity index is 1.68. The highest BCUT2D eigenvalue weighted by Crippen LogP contribution is 2.25. The van der Waals surface area contributed by atoms with Crippen molar-refractivity contribution in [3.63, 3.8) is 0 Å². The Kier molecular flexibility index (Phi) is 5.58. The molecule has 3 rings (SSSR count). The zero-order valence-corrected chi connectivity index (χ0v) is 16.5. The van der Waals surface area contributed by atoms with Crippen molar-refractivity contribution in [2.45, 2.75) is 45.1 Å². The van der Waals surface area contributed by atoms with Crippen LogP contribution in [0.1, 0.15) is 49.9 Å². The molecule has 1 aromatic carbocycles. The number of rotatable bonds is 5. The van der Waals surface area contributed by atoms with Gasteiger partial charge in [0.15, 0.2) is 0 Å². The molecule has 1 aromatic rings. The maximum absolute atomic E-state index is 12.6. The molecular formula is C19H29N3O3S. The zero-order valence-electron chi connectivity index (χ0n) is 15.7. The number of carbonyl (C=O) groups excluding carboxylic acids is 1. The van der Waals surface area contributed by atoms with E-state index in [1.807, 2.05) is 0 Å². The van der Waals surface area contributed by atoms with Crippen LogP contribution in [0.15, 0.2) is 24.3 Å². The van der Waals surface area contributed by atoms with E-state index in [1.165, 1.54) is 17.1 Å². The van der Waals surface area contributed by atoms with Crippen LogP contribution in [0.2, 0.25) is 0 Å². The SMILES string of the molecule is CC(C)(CNC(=O)c1cccc(N2CCCCS2(=O)=O)c1)N1CCCC1. The summed E-state index contributed by atoms with van der Waals surface area (Å²) in [7, 11) is -3.27. The second kappa shape index (κ2) is 7.56. The summed E-state index contributed by atoms with van der Waals surface area (Å²) in [4.78, 5) is 15.0. The molecule has 2 saturated heterocycles. The number of likely N-dealkylation sites (tertiary alicyclic amines) is 1. The third-order valence-electron chi connectivity index (χ3n) is 5.39. The van der Waals surface area contributed by atoms with Crippen LogP contribution in [-0.2, 0) is 10.0 Å². The van der Waals surface area contributed by atoms with Crippen molar-refractivity contribution >= 4 is 21.6 Å². The van der Waals surface area contributed by atoms with Gasteiger partial charge in [-0.25, -0.2) is 8.42 Å². The number of hydrogen-bond acceptors (Lipinski definition) is 4. The van der Waals surface area contributed by atoms with E-state index >= 15 is 0 Å². The number of sulfonamides is 1. The molecule has 0 bridgehead atoms. The first-order valence-corrected chi connectivity index (χ1v) is 11.0. The molecule has 1 N–H and O–H groups in total.